The van der Waals surface area contributed by atoms with Crippen LogP contribution < -0.4 is 10.9 Å². The van der Waals surface area contributed by atoms with E-state index in [-0.39, 0.29) is 15.0 Å². The Hall–Kier alpha value is -1.43. The summed E-state index contributed by atoms with van der Waals surface area (Å²) in [6.45, 7) is 0. The van der Waals surface area contributed by atoms with Crippen molar-refractivity contribution in [2.45, 2.75) is 0 Å². The van der Waals surface area contributed by atoms with Gasteiger partial charge in [0, 0.05) is 7.05 Å². The standard InChI is InChI=1S/C8H5FIN3O2/c1-13-7(12-3-14)4(2-11)6(10)5(9)8(13)15/h3H,1H3,(H,12,14). The van der Waals surface area contributed by atoms with Gasteiger partial charge in [0.05, 0.1) is 3.57 Å². The highest BCUT2D eigenvalue weighted by molar-refractivity contribution is 14.1. The second-order valence-electron chi connectivity index (χ2n) is 2.59. The molecule has 1 amide bonds. The summed E-state index contributed by atoms with van der Waals surface area (Å²) >= 11 is 1.55. The molecule has 0 saturated carbocycles. The van der Waals surface area contributed by atoms with Crippen LogP contribution in [-0.4, -0.2) is 11.0 Å². The normalized spacial score (nSPS) is 9.47. The van der Waals surface area contributed by atoms with E-state index in [1.807, 2.05) is 0 Å². The van der Waals surface area contributed by atoms with Crippen molar-refractivity contribution in [1.82, 2.24) is 4.57 Å². The molecule has 0 radical (unpaired) electrons. The lowest BCUT2D eigenvalue weighted by molar-refractivity contribution is -0.105. The maximum absolute atomic E-state index is 13.3. The largest absolute Gasteiger partial charge is 0.314 e. The minimum atomic E-state index is -0.994. The number of hydrogen-bond donors (Lipinski definition) is 1. The van der Waals surface area contributed by atoms with Crippen molar-refractivity contribution < 1.29 is 9.18 Å². The quantitative estimate of drug-likeness (QED) is 0.639. The third-order valence-corrected chi connectivity index (χ3v) is 2.80. The Morgan fingerprint density at radius 1 is 1.67 bits per heavy atom. The molecule has 0 aliphatic heterocycles. The van der Waals surface area contributed by atoms with Gasteiger partial charge in [0.15, 0.2) is 0 Å². The lowest BCUT2D eigenvalue weighted by Gasteiger charge is -2.10. The fourth-order valence-electron chi connectivity index (χ4n) is 1.05. The minimum absolute atomic E-state index is 0.0108. The van der Waals surface area contributed by atoms with E-state index in [4.69, 9.17) is 5.26 Å². The molecule has 5 nitrogen and oxygen atoms in total. The lowest BCUT2D eigenvalue weighted by atomic mass is 10.2. The van der Waals surface area contributed by atoms with Gasteiger partial charge >= 0.3 is 0 Å². The van der Waals surface area contributed by atoms with Crippen LogP contribution in [0, 0.1) is 20.7 Å². The zero-order chi connectivity index (χ0) is 11.6. The summed E-state index contributed by atoms with van der Waals surface area (Å²) in [6, 6.07) is 1.73. The first-order chi connectivity index (χ1) is 7.04. The predicted octanol–water partition coefficient (Wildman–Crippen LogP) is 0.569. The minimum Gasteiger partial charge on any atom is -0.314 e. The van der Waals surface area contributed by atoms with Crippen molar-refractivity contribution in [1.29, 1.82) is 5.26 Å². The maximum atomic E-state index is 13.3. The van der Waals surface area contributed by atoms with Gasteiger partial charge in [-0.3, -0.25) is 14.2 Å². The molecule has 0 aromatic carbocycles. The zero-order valence-corrected chi connectivity index (χ0v) is 9.70. The Balaban J connectivity index is 3.71. The van der Waals surface area contributed by atoms with Crippen molar-refractivity contribution in [2.24, 2.45) is 7.05 Å². The second kappa shape index (κ2) is 4.39. The molecular weight excluding hydrogens is 316 g/mol. The third kappa shape index (κ3) is 1.85. The zero-order valence-electron chi connectivity index (χ0n) is 7.54. The van der Waals surface area contributed by atoms with Gasteiger partial charge in [-0.25, -0.2) is 0 Å². The van der Waals surface area contributed by atoms with Crippen LogP contribution in [0.5, 0.6) is 0 Å². The first-order valence-corrected chi connectivity index (χ1v) is 4.80. The SMILES string of the molecule is Cn1c(NC=O)c(C#N)c(I)c(F)c1=O. The number of carbonyl (C=O) groups excluding carboxylic acids is 1. The van der Waals surface area contributed by atoms with Crippen LogP contribution in [0.15, 0.2) is 4.79 Å². The van der Waals surface area contributed by atoms with Crippen LogP contribution in [0.25, 0.3) is 0 Å². The van der Waals surface area contributed by atoms with E-state index in [1.165, 1.54) is 7.05 Å². The molecule has 0 spiro atoms. The van der Waals surface area contributed by atoms with Gasteiger partial charge in [0.25, 0.3) is 5.56 Å². The number of pyridine rings is 1. The van der Waals surface area contributed by atoms with Crippen LogP contribution in [0.1, 0.15) is 5.56 Å². The highest BCUT2D eigenvalue weighted by Crippen LogP contribution is 2.20. The number of rotatable bonds is 2. The fourth-order valence-corrected chi connectivity index (χ4v) is 1.66. The highest BCUT2D eigenvalue weighted by Gasteiger charge is 2.18. The number of nitrogens with one attached hydrogen (secondary N) is 1. The molecular formula is C8H5FIN3O2. The number of anilines is 1. The molecule has 7 heteroatoms. The van der Waals surface area contributed by atoms with Crippen molar-refractivity contribution in [3.8, 4) is 6.07 Å². The number of halogens is 2. The molecule has 1 aromatic rings. The van der Waals surface area contributed by atoms with Crippen molar-refractivity contribution in [3.63, 3.8) is 0 Å². The first kappa shape index (κ1) is 11.6. The van der Waals surface area contributed by atoms with Gasteiger partial charge in [0.1, 0.15) is 17.5 Å². The Bertz CT molecular complexity index is 518. The molecule has 1 aromatic heterocycles. The Morgan fingerprint density at radius 3 is 2.73 bits per heavy atom. The lowest BCUT2D eigenvalue weighted by Crippen LogP contribution is -2.26. The average Bonchev–Trinajstić information content (AvgIpc) is 2.24. The molecule has 1 rings (SSSR count). The number of nitrogens with zero attached hydrogens (tertiary/aromatic N) is 2. The molecule has 1 heterocycles. The van der Waals surface area contributed by atoms with Gasteiger partial charge in [0.2, 0.25) is 12.2 Å². The van der Waals surface area contributed by atoms with E-state index in [2.05, 4.69) is 5.32 Å². The molecule has 0 bridgehead atoms. The average molecular weight is 321 g/mol. The van der Waals surface area contributed by atoms with E-state index in [0.717, 1.165) is 4.57 Å². The molecule has 15 heavy (non-hydrogen) atoms. The summed E-state index contributed by atoms with van der Waals surface area (Å²) in [4.78, 5) is 21.5. The summed E-state index contributed by atoms with van der Waals surface area (Å²) in [5.41, 5.74) is -0.954. The topological polar surface area (TPSA) is 74.9 Å². The number of aromatic nitrogens is 1. The van der Waals surface area contributed by atoms with E-state index >= 15 is 0 Å². The van der Waals surface area contributed by atoms with Crippen molar-refractivity contribution >= 4 is 34.8 Å². The molecule has 0 unspecified atom stereocenters. The number of hydrogen-bond acceptors (Lipinski definition) is 3. The van der Waals surface area contributed by atoms with Crippen LogP contribution in [0.4, 0.5) is 10.2 Å². The fraction of sp³-hybridized carbons (Fsp3) is 0.125. The smallest absolute Gasteiger partial charge is 0.289 e. The van der Waals surface area contributed by atoms with E-state index in [0.29, 0.717) is 6.41 Å². The predicted molar refractivity (Wildman–Crippen MR) is 58.8 cm³/mol. The Labute approximate surface area is 97.6 Å². The summed E-state index contributed by atoms with van der Waals surface area (Å²) in [6.07, 6.45) is 0.323. The third-order valence-electron chi connectivity index (χ3n) is 1.78. The molecule has 0 atom stereocenters. The summed E-state index contributed by atoms with van der Waals surface area (Å²) in [5, 5.41) is 11.0. The Kier molecular flexibility index (Phi) is 3.41. The molecule has 78 valence electrons. The van der Waals surface area contributed by atoms with Gasteiger partial charge in [-0.15, -0.1) is 0 Å². The number of carbonyl (C=O) groups is 1. The van der Waals surface area contributed by atoms with Crippen LogP contribution >= 0.6 is 22.6 Å². The second-order valence-corrected chi connectivity index (χ2v) is 3.67. The Morgan fingerprint density at radius 2 is 2.27 bits per heavy atom. The number of amides is 1. The summed E-state index contributed by atoms with van der Waals surface area (Å²) in [5.74, 6) is -1.01. The van der Waals surface area contributed by atoms with Gasteiger partial charge in [-0.1, -0.05) is 0 Å². The van der Waals surface area contributed by atoms with Crippen LogP contribution in [0.3, 0.4) is 0 Å². The molecule has 0 fully saturated rings. The first-order valence-electron chi connectivity index (χ1n) is 3.72. The monoisotopic (exact) mass is 321 g/mol. The van der Waals surface area contributed by atoms with Gasteiger partial charge in [-0.05, 0) is 22.6 Å². The van der Waals surface area contributed by atoms with Gasteiger partial charge < -0.3 is 5.32 Å². The number of nitriles is 1. The highest BCUT2D eigenvalue weighted by atomic mass is 127. The van der Waals surface area contributed by atoms with E-state index in [9.17, 15) is 14.0 Å². The van der Waals surface area contributed by atoms with Gasteiger partial charge in [-0.2, -0.15) is 9.65 Å². The molecule has 0 saturated heterocycles. The molecule has 0 aliphatic rings. The van der Waals surface area contributed by atoms with Crippen molar-refractivity contribution in [3.05, 3.63) is 25.3 Å². The van der Waals surface area contributed by atoms with E-state index < -0.39 is 11.4 Å². The van der Waals surface area contributed by atoms with Crippen molar-refractivity contribution in [2.75, 3.05) is 5.32 Å². The summed E-state index contributed by atoms with van der Waals surface area (Å²) in [7, 11) is 1.27. The van der Waals surface area contributed by atoms with Crippen LogP contribution in [-0.2, 0) is 11.8 Å². The molecule has 0 aliphatic carbocycles. The molecule has 1 N–H and O–H groups in total. The van der Waals surface area contributed by atoms with E-state index in [1.54, 1.807) is 28.7 Å². The maximum Gasteiger partial charge on any atom is 0.289 e. The van der Waals surface area contributed by atoms with Crippen LogP contribution in [0.2, 0.25) is 0 Å². The summed E-state index contributed by atoms with van der Waals surface area (Å²) < 4.78 is 14.0.